The Morgan fingerprint density at radius 1 is 1.14 bits per heavy atom. The molecule has 0 aliphatic carbocycles. The first kappa shape index (κ1) is 16.5. The van der Waals surface area contributed by atoms with Gasteiger partial charge in [-0.3, -0.25) is 0 Å². The molecule has 0 radical (unpaired) electrons. The highest BCUT2D eigenvalue weighted by Crippen LogP contribution is 2.35. The Morgan fingerprint density at radius 2 is 1.76 bits per heavy atom. The second-order valence-electron chi connectivity index (χ2n) is 7.96. The zero-order valence-electron chi connectivity index (χ0n) is 14.6. The molecule has 0 saturated carbocycles. The molecule has 1 aromatic carbocycles. The normalized spacial score (nSPS) is 22.8. The van der Waals surface area contributed by atoms with Crippen molar-refractivity contribution in [2.75, 3.05) is 19.8 Å². The molecule has 0 spiro atoms. The van der Waals surface area contributed by atoms with E-state index in [2.05, 4.69) is 59.0 Å². The zero-order valence-corrected chi connectivity index (χ0v) is 14.6. The Bertz CT molecular complexity index is 470. The summed E-state index contributed by atoms with van der Waals surface area (Å²) in [4.78, 5) is 0. The van der Waals surface area contributed by atoms with Gasteiger partial charge in [0.15, 0.2) is 0 Å². The first-order valence-corrected chi connectivity index (χ1v) is 8.10. The fraction of sp³-hybridized carbons (Fsp3) is 0.684. The maximum absolute atomic E-state index is 5.76. The van der Waals surface area contributed by atoms with Crippen LogP contribution in [0.5, 0.6) is 0 Å². The molecule has 21 heavy (non-hydrogen) atoms. The fourth-order valence-electron chi connectivity index (χ4n) is 3.31. The number of aryl methyl sites for hydroxylation is 3. The number of benzene rings is 1. The predicted molar refractivity (Wildman–Crippen MR) is 90.0 cm³/mol. The number of hydrogen-bond donors (Lipinski definition) is 1. The first-order valence-electron chi connectivity index (χ1n) is 8.10. The monoisotopic (exact) mass is 289 g/mol. The van der Waals surface area contributed by atoms with Crippen molar-refractivity contribution >= 4 is 0 Å². The van der Waals surface area contributed by atoms with Gasteiger partial charge in [0.25, 0.3) is 0 Å². The van der Waals surface area contributed by atoms with Crippen LogP contribution in [-0.2, 0) is 11.2 Å². The molecule has 118 valence electrons. The molecule has 0 aromatic heterocycles. The third-order valence-corrected chi connectivity index (χ3v) is 4.57. The van der Waals surface area contributed by atoms with Gasteiger partial charge in [-0.15, -0.1) is 0 Å². The van der Waals surface area contributed by atoms with E-state index >= 15 is 0 Å². The molecule has 2 nitrogen and oxygen atoms in total. The lowest BCUT2D eigenvalue weighted by molar-refractivity contribution is 0.144. The molecule has 0 amide bonds. The van der Waals surface area contributed by atoms with Crippen LogP contribution in [0.3, 0.4) is 0 Å². The van der Waals surface area contributed by atoms with E-state index in [-0.39, 0.29) is 11.0 Å². The van der Waals surface area contributed by atoms with Crippen molar-refractivity contribution in [2.45, 2.75) is 59.9 Å². The smallest absolute Gasteiger partial charge is 0.0538 e. The van der Waals surface area contributed by atoms with E-state index in [0.717, 1.165) is 32.6 Å². The predicted octanol–water partition coefficient (Wildman–Crippen LogP) is 3.95. The van der Waals surface area contributed by atoms with E-state index in [0.29, 0.717) is 0 Å². The van der Waals surface area contributed by atoms with E-state index in [4.69, 9.17) is 4.74 Å². The summed E-state index contributed by atoms with van der Waals surface area (Å²) in [5, 5.41) is 3.70. The number of ether oxygens (including phenoxy) is 1. The summed E-state index contributed by atoms with van der Waals surface area (Å²) in [6.07, 6.45) is 2.27. The van der Waals surface area contributed by atoms with Crippen molar-refractivity contribution < 1.29 is 4.74 Å². The number of rotatable bonds is 4. The van der Waals surface area contributed by atoms with Crippen molar-refractivity contribution in [2.24, 2.45) is 5.41 Å². The van der Waals surface area contributed by atoms with E-state index < -0.39 is 0 Å². The Labute approximate surface area is 130 Å². The van der Waals surface area contributed by atoms with Crippen molar-refractivity contribution in [1.29, 1.82) is 0 Å². The van der Waals surface area contributed by atoms with Gasteiger partial charge in [-0.25, -0.2) is 0 Å². The van der Waals surface area contributed by atoms with Gasteiger partial charge < -0.3 is 10.1 Å². The first-order chi connectivity index (χ1) is 9.71. The molecule has 1 aromatic rings. The molecule has 2 rings (SSSR count). The molecule has 1 atom stereocenters. The third kappa shape index (κ3) is 4.31. The summed E-state index contributed by atoms with van der Waals surface area (Å²) in [6, 6.07) is 4.62. The van der Waals surface area contributed by atoms with Crippen LogP contribution >= 0.6 is 0 Å². The minimum absolute atomic E-state index is 0.160. The maximum atomic E-state index is 5.76. The fourth-order valence-corrected chi connectivity index (χ4v) is 3.31. The summed E-state index contributed by atoms with van der Waals surface area (Å²) in [7, 11) is 0. The summed E-state index contributed by atoms with van der Waals surface area (Å²) in [6.45, 7) is 16.2. The topological polar surface area (TPSA) is 21.3 Å². The minimum Gasteiger partial charge on any atom is -0.381 e. The zero-order chi connectivity index (χ0) is 15.7. The van der Waals surface area contributed by atoms with Crippen molar-refractivity contribution in [3.8, 4) is 0 Å². The average molecular weight is 289 g/mol. The van der Waals surface area contributed by atoms with Gasteiger partial charge in [-0.1, -0.05) is 17.7 Å². The highest BCUT2D eigenvalue weighted by molar-refractivity contribution is 5.38. The second kappa shape index (κ2) is 6.10. The molecule has 1 N–H and O–H groups in total. The Hall–Kier alpha value is -0.860. The second-order valence-corrected chi connectivity index (χ2v) is 7.96. The van der Waals surface area contributed by atoms with Crippen LogP contribution < -0.4 is 5.32 Å². The van der Waals surface area contributed by atoms with Gasteiger partial charge in [0, 0.05) is 24.1 Å². The highest BCUT2D eigenvalue weighted by atomic mass is 16.5. The third-order valence-electron chi connectivity index (χ3n) is 4.57. The van der Waals surface area contributed by atoms with Crippen molar-refractivity contribution in [3.63, 3.8) is 0 Å². The summed E-state index contributed by atoms with van der Waals surface area (Å²) < 4.78 is 5.76. The molecule has 0 bridgehead atoms. The highest BCUT2D eigenvalue weighted by Gasteiger charge is 2.36. The Morgan fingerprint density at radius 3 is 2.24 bits per heavy atom. The van der Waals surface area contributed by atoms with Gasteiger partial charge in [-0.2, -0.15) is 0 Å². The van der Waals surface area contributed by atoms with Gasteiger partial charge in [-0.05, 0) is 71.1 Å². The van der Waals surface area contributed by atoms with Crippen LogP contribution in [0.1, 0.15) is 49.4 Å². The Balaban J connectivity index is 2.21. The standard InChI is InChI=1S/C19H31NO/c1-14-9-15(2)17(16(3)10-14)11-19(7-8-21-13-19)12-20-18(4,5)6/h9-10,20H,7-8,11-13H2,1-6H3. The molecule has 1 fully saturated rings. The lowest BCUT2D eigenvalue weighted by atomic mass is 9.78. The minimum atomic E-state index is 0.160. The van der Waals surface area contributed by atoms with Gasteiger partial charge in [0.1, 0.15) is 0 Å². The van der Waals surface area contributed by atoms with E-state index in [1.54, 1.807) is 0 Å². The quantitative estimate of drug-likeness (QED) is 0.906. The molecule has 1 aliphatic heterocycles. The molecule has 1 heterocycles. The summed E-state index contributed by atoms with van der Waals surface area (Å²) in [5.74, 6) is 0. The van der Waals surface area contributed by atoms with Gasteiger partial charge in [0.2, 0.25) is 0 Å². The lowest BCUT2D eigenvalue weighted by Crippen LogP contribution is -2.45. The van der Waals surface area contributed by atoms with Gasteiger partial charge >= 0.3 is 0 Å². The Kier molecular flexibility index (Phi) is 4.79. The van der Waals surface area contributed by atoms with Crippen molar-refractivity contribution in [1.82, 2.24) is 5.32 Å². The van der Waals surface area contributed by atoms with E-state index in [9.17, 15) is 0 Å². The molecule has 1 aliphatic rings. The number of hydrogen-bond acceptors (Lipinski definition) is 2. The van der Waals surface area contributed by atoms with Crippen LogP contribution in [0.25, 0.3) is 0 Å². The molecule has 2 heteroatoms. The van der Waals surface area contributed by atoms with Crippen molar-refractivity contribution in [3.05, 3.63) is 34.4 Å². The van der Waals surface area contributed by atoms with Crippen LogP contribution in [0, 0.1) is 26.2 Å². The molecule has 1 saturated heterocycles. The van der Waals surface area contributed by atoms with Crippen LogP contribution in [0.4, 0.5) is 0 Å². The summed E-state index contributed by atoms with van der Waals surface area (Å²) in [5.41, 5.74) is 6.13. The SMILES string of the molecule is Cc1cc(C)c(CC2(CNC(C)(C)C)CCOC2)c(C)c1. The molecular weight excluding hydrogens is 258 g/mol. The largest absolute Gasteiger partial charge is 0.381 e. The molecule has 1 unspecified atom stereocenters. The van der Waals surface area contributed by atoms with E-state index in [1.807, 2.05) is 0 Å². The maximum Gasteiger partial charge on any atom is 0.0538 e. The lowest BCUT2D eigenvalue weighted by Gasteiger charge is -2.33. The van der Waals surface area contributed by atoms with Crippen LogP contribution in [0.2, 0.25) is 0 Å². The van der Waals surface area contributed by atoms with Gasteiger partial charge in [0.05, 0.1) is 6.61 Å². The number of nitrogens with one attached hydrogen (secondary N) is 1. The van der Waals surface area contributed by atoms with Crippen LogP contribution in [-0.4, -0.2) is 25.3 Å². The molecular formula is C19H31NO. The average Bonchev–Trinajstić information content (AvgIpc) is 2.80. The van der Waals surface area contributed by atoms with Crippen LogP contribution in [0.15, 0.2) is 12.1 Å². The summed E-state index contributed by atoms with van der Waals surface area (Å²) >= 11 is 0. The van der Waals surface area contributed by atoms with E-state index in [1.165, 1.54) is 22.3 Å².